The second-order valence-corrected chi connectivity index (χ2v) is 4.42. The van der Waals surface area contributed by atoms with Gasteiger partial charge in [0.2, 0.25) is 0 Å². The first-order valence-electron chi connectivity index (χ1n) is 5.02. The molecule has 0 atom stereocenters. The maximum atomic E-state index is 13.3. The Morgan fingerprint density at radius 1 is 1.38 bits per heavy atom. The summed E-state index contributed by atoms with van der Waals surface area (Å²) < 4.78 is 13.3. The van der Waals surface area contributed by atoms with Crippen LogP contribution in [0.1, 0.15) is 12.8 Å². The van der Waals surface area contributed by atoms with E-state index < -0.39 is 0 Å². The van der Waals surface area contributed by atoms with Gasteiger partial charge in [0.05, 0.1) is 5.69 Å². The van der Waals surface area contributed by atoms with Crippen LogP contribution < -0.4 is 5.32 Å². The van der Waals surface area contributed by atoms with Crippen LogP contribution in [-0.4, -0.2) is 16.8 Å². The molecule has 1 aromatic carbocycles. The first kappa shape index (κ1) is 11.1. The van der Waals surface area contributed by atoms with E-state index in [1.54, 1.807) is 18.2 Å². The molecule has 0 bridgehead atoms. The number of rotatable bonds is 1. The van der Waals surface area contributed by atoms with E-state index in [4.69, 9.17) is 0 Å². The lowest BCUT2D eigenvalue weighted by molar-refractivity contribution is -0.110. The number of aliphatic imine (C=N–C) groups is 1. The molecule has 84 valence electrons. The molecular formula is C11H11FN2OS. The number of halogens is 1. The van der Waals surface area contributed by atoms with Crippen molar-refractivity contribution in [3.05, 3.63) is 30.1 Å². The Labute approximate surface area is 97.1 Å². The number of anilines is 1. The van der Waals surface area contributed by atoms with E-state index >= 15 is 0 Å². The predicted octanol–water partition coefficient (Wildman–Crippen LogP) is 2.65. The monoisotopic (exact) mass is 238 g/mol. The SMILES string of the molecule is O=C1CCCN=C(Nc2ccccc2F)S1. The van der Waals surface area contributed by atoms with Crippen molar-refractivity contribution in [3.8, 4) is 0 Å². The van der Waals surface area contributed by atoms with E-state index in [1.165, 1.54) is 6.07 Å². The lowest BCUT2D eigenvalue weighted by Gasteiger charge is -2.07. The normalized spacial score (nSPS) is 16.6. The molecule has 0 fully saturated rings. The van der Waals surface area contributed by atoms with Crippen molar-refractivity contribution in [3.63, 3.8) is 0 Å². The van der Waals surface area contributed by atoms with Gasteiger partial charge >= 0.3 is 0 Å². The Morgan fingerprint density at radius 2 is 2.19 bits per heavy atom. The Balaban J connectivity index is 2.12. The number of nitrogens with zero attached hydrogens (tertiary/aromatic N) is 1. The number of hydrogen-bond acceptors (Lipinski definition) is 4. The summed E-state index contributed by atoms with van der Waals surface area (Å²) in [6.07, 6.45) is 1.28. The molecule has 0 radical (unpaired) electrons. The van der Waals surface area contributed by atoms with Crippen molar-refractivity contribution in [2.24, 2.45) is 4.99 Å². The molecular weight excluding hydrogens is 227 g/mol. The summed E-state index contributed by atoms with van der Waals surface area (Å²) in [6.45, 7) is 0.607. The largest absolute Gasteiger partial charge is 0.332 e. The van der Waals surface area contributed by atoms with Crippen LogP contribution in [0.4, 0.5) is 10.1 Å². The number of carbonyl (C=O) groups excluding carboxylic acids is 1. The summed E-state index contributed by atoms with van der Waals surface area (Å²) in [6, 6.07) is 6.34. The highest BCUT2D eigenvalue weighted by molar-refractivity contribution is 8.26. The fraction of sp³-hybridized carbons (Fsp3) is 0.273. The number of hydrogen-bond donors (Lipinski definition) is 1. The van der Waals surface area contributed by atoms with E-state index in [9.17, 15) is 9.18 Å². The van der Waals surface area contributed by atoms with Crippen molar-refractivity contribution >= 4 is 27.7 Å². The second kappa shape index (κ2) is 5.12. The van der Waals surface area contributed by atoms with Crippen molar-refractivity contribution in [2.45, 2.75) is 12.8 Å². The first-order valence-corrected chi connectivity index (χ1v) is 5.84. The van der Waals surface area contributed by atoms with E-state index in [-0.39, 0.29) is 10.9 Å². The molecule has 1 aliphatic heterocycles. The zero-order valence-electron chi connectivity index (χ0n) is 8.57. The maximum absolute atomic E-state index is 13.3. The number of thioether (sulfide) groups is 1. The van der Waals surface area contributed by atoms with Crippen LogP contribution in [-0.2, 0) is 4.79 Å². The molecule has 1 N–H and O–H groups in total. The lowest BCUT2D eigenvalue weighted by atomic mass is 10.3. The van der Waals surface area contributed by atoms with Crippen LogP contribution >= 0.6 is 11.8 Å². The Kier molecular flexibility index (Phi) is 3.56. The van der Waals surface area contributed by atoms with Crippen LogP contribution in [0.3, 0.4) is 0 Å². The minimum absolute atomic E-state index is 0.0695. The first-order chi connectivity index (χ1) is 7.75. The van der Waals surface area contributed by atoms with Crippen LogP contribution in [0.25, 0.3) is 0 Å². The quantitative estimate of drug-likeness (QED) is 0.817. The zero-order chi connectivity index (χ0) is 11.4. The van der Waals surface area contributed by atoms with Crippen molar-refractivity contribution in [1.29, 1.82) is 0 Å². The van der Waals surface area contributed by atoms with Crippen molar-refractivity contribution in [1.82, 2.24) is 0 Å². The molecule has 1 aromatic rings. The second-order valence-electron chi connectivity index (χ2n) is 3.37. The molecule has 0 saturated carbocycles. The summed E-state index contributed by atoms with van der Waals surface area (Å²) in [7, 11) is 0. The van der Waals surface area contributed by atoms with Gasteiger partial charge in [0.25, 0.3) is 0 Å². The Bertz CT molecular complexity index is 434. The number of carbonyl (C=O) groups is 1. The molecule has 2 rings (SSSR count). The third-order valence-electron chi connectivity index (χ3n) is 2.12. The Morgan fingerprint density at radius 3 is 3.00 bits per heavy atom. The fourth-order valence-corrected chi connectivity index (χ4v) is 2.12. The highest BCUT2D eigenvalue weighted by atomic mass is 32.2. The molecule has 0 spiro atoms. The van der Waals surface area contributed by atoms with Crippen LogP contribution in [0, 0.1) is 5.82 Å². The maximum Gasteiger partial charge on any atom is 0.196 e. The standard InChI is InChI=1S/C11H11FN2OS/c12-8-4-1-2-5-9(8)14-11-13-7-3-6-10(15)16-11/h1-2,4-5H,3,6-7H2,(H,13,14). The van der Waals surface area contributed by atoms with E-state index in [0.29, 0.717) is 23.8 Å². The minimum atomic E-state index is -0.345. The number of nitrogens with one attached hydrogen (secondary N) is 1. The Hall–Kier alpha value is -1.36. The van der Waals surface area contributed by atoms with Gasteiger partial charge in [0.1, 0.15) is 5.82 Å². The van der Waals surface area contributed by atoms with Gasteiger partial charge < -0.3 is 5.32 Å². The van der Waals surface area contributed by atoms with E-state index in [1.807, 2.05) is 0 Å². The molecule has 0 unspecified atom stereocenters. The summed E-state index contributed by atoms with van der Waals surface area (Å²) in [4.78, 5) is 15.5. The topological polar surface area (TPSA) is 41.5 Å². The van der Waals surface area contributed by atoms with Gasteiger partial charge in [-0.3, -0.25) is 9.79 Å². The number of amidine groups is 1. The highest BCUT2D eigenvalue weighted by Crippen LogP contribution is 2.19. The van der Waals surface area contributed by atoms with Crippen molar-refractivity contribution < 1.29 is 9.18 Å². The van der Waals surface area contributed by atoms with Gasteiger partial charge in [-0.1, -0.05) is 12.1 Å². The molecule has 0 amide bonds. The van der Waals surface area contributed by atoms with E-state index in [0.717, 1.165) is 18.2 Å². The van der Waals surface area contributed by atoms with Gasteiger partial charge in [-0.15, -0.1) is 0 Å². The molecule has 1 heterocycles. The molecule has 1 aliphatic rings. The number of para-hydroxylation sites is 1. The summed E-state index contributed by atoms with van der Waals surface area (Å²) in [5.74, 6) is -0.345. The van der Waals surface area contributed by atoms with Gasteiger partial charge in [-0.25, -0.2) is 4.39 Å². The van der Waals surface area contributed by atoms with Crippen LogP contribution in [0.15, 0.2) is 29.3 Å². The average Bonchev–Trinajstić information content (AvgIpc) is 2.46. The fourth-order valence-electron chi connectivity index (χ4n) is 1.34. The summed E-state index contributed by atoms with van der Waals surface area (Å²) >= 11 is 1.04. The van der Waals surface area contributed by atoms with Gasteiger partial charge in [0, 0.05) is 13.0 Å². The molecule has 0 aliphatic carbocycles. The molecule has 16 heavy (non-hydrogen) atoms. The minimum Gasteiger partial charge on any atom is -0.332 e. The average molecular weight is 238 g/mol. The van der Waals surface area contributed by atoms with E-state index in [2.05, 4.69) is 10.3 Å². The summed E-state index contributed by atoms with van der Waals surface area (Å²) in [5, 5.41) is 3.39. The van der Waals surface area contributed by atoms with Crippen LogP contribution in [0.5, 0.6) is 0 Å². The zero-order valence-corrected chi connectivity index (χ0v) is 9.39. The van der Waals surface area contributed by atoms with Gasteiger partial charge in [-0.05, 0) is 30.3 Å². The smallest absolute Gasteiger partial charge is 0.196 e. The van der Waals surface area contributed by atoms with Gasteiger partial charge in [-0.2, -0.15) is 0 Å². The number of benzene rings is 1. The highest BCUT2D eigenvalue weighted by Gasteiger charge is 2.13. The molecule has 0 saturated heterocycles. The van der Waals surface area contributed by atoms with Gasteiger partial charge in [0.15, 0.2) is 10.3 Å². The third-order valence-corrected chi connectivity index (χ3v) is 2.98. The third kappa shape index (κ3) is 2.82. The molecule has 5 heteroatoms. The predicted molar refractivity (Wildman–Crippen MR) is 64.2 cm³/mol. The van der Waals surface area contributed by atoms with Crippen LogP contribution in [0.2, 0.25) is 0 Å². The lowest BCUT2D eigenvalue weighted by Crippen LogP contribution is -2.10. The molecule has 3 nitrogen and oxygen atoms in total. The van der Waals surface area contributed by atoms with Crippen molar-refractivity contribution in [2.75, 3.05) is 11.9 Å². The summed E-state index contributed by atoms with van der Waals surface area (Å²) in [5.41, 5.74) is 0.350. The molecule has 0 aromatic heterocycles.